The van der Waals surface area contributed by atoms with Gasteiger partial charge in [-0.3, -0.25) is 28.8 Å². The minimum Gasteiger partial charge on any atom is -0.497 e. The van der Waals surface area contributed by atoms with E-state index in [1.54, 1.807) is 42.3 Å². The monoisotopic (exact) mass is 2260 g/mol. The van der Waals surface area contributed by atoms with Gasteiger partial charge in [-0.15, -0.1) is 0 Å². The number of ether oxygens (including phenoxy) is 8. The van der Waals surface area contributed by atoms with Crippen LogP contribution in [-0.2, 0) is 77.0 Å². The van der Waals surface area contributed by atoms with E-state index in [0.717, 1.165) is 162 Å². The summed E-state index contributed by atoms with van der Waals surface area (Å²) in [5.74, 6) is 9.68. The molecule has 2 saturated heterocycles. The second-order valence-electron chi connectivity index (χ2n) is 37.8. The van der Waals surface area contributed by atoms with Crippen LogP contribution in [0.3, 0.4) is 0 Å². The van der Waals surface area contributed by atoms with Crippen molar-refractivity contribution in [3.8, 4) is 35.1 Å². The van der Waals surface area contributed by atoms with Crippen LogP contribution in [0.5, 0.6) is 23.0 Å². The number of amides is 2. The van der Waals surface area contributed by atoms with Gasteiger partial charge in [0.25, 0.3) is 17.1 Å². The first-order valence-electron chi connectivity index (χ1n) is 54.2. The third-order valence-corrected chi connectivity index (χ3v) is 40.1. The van der Waals surface area contributed by atoms with E-state index in [0.29, 0.717) is 103 Å². The first kappa shape index (κ1) is 134. The van der Waals surface area contributed by atoms with Gasteiger partial charge in [0.05, 0.1) is 119 Å². The van der Waals surface area contributed by atoms with Gasteiger partial charge in [0, 0.05) is 133 Å². The standard InChI is InChI=1S/C45H64N3O6PS2.C42H55NO7S2.C16H33N2O2PS2.C13H24O3S2/c1-35(2)48(36(3)4)55(53-31-14-29-46)54-34-37(15-12-13-30-47-44(49)19-11-10-18-43-28-32-56-57-43)33-52-45(38-16-8-7-9-17-38,39-20-24-41(50-5)25-21-39)40-22-26-42(51-6)27-23-40;1-4-36(44)21-26-41(46)49-30-32(12-10-11-28-43-40(45)16-9-8-15-39-27-29-51-52-39)31-50-42(33-13-6-5-7-14-33,34-17-22-37(47-2)23-18-34)35-19-24-38(48-3)25-20-35;1-6-7-13-22-23-14-9-12-20-21(19-11-8-10-17)18(15(2)3)16(4)5;1-3-5-10-17-18-11-6-9-16-13(15)8-7-12(14)4-2/h7-9,16-17,20-27,35-37,43H,10-15,18-19,28,30-34H2,1-6H3,(H,47,49);5-7,13-14,17-20,22-25,32,39H,4,8-12,15-16,21,26-31H2,1-3H3,(H,43,45);15-16H,6-9,11-14H2,1-5H3;3-11H2,1-2H3. The number of benzene rings is 6. The third-order valence-electron chi connectivity index (χ3n) is 24.7. The molecule has 0 spiro atoms. The van der Waals surface area contributed by atoms with Gasteiger partial charge in [-0.05, 0) is 227 Å². The Bertz CT molecular complexity index is 4520. The summed E-state index contributed by atoms with van der Waals surface area (Å²) in [6.45, 7) is 29.7. The molecule has 6 atom stereocenters. The molecule has 6 unspecified atom stereocenters. The van der Waals surface area contributed by atoms with Crippen molar-refractivity contribution in [1.82, 2.24) is 20.0 Å². The minimum absolute atomic E-state index is 0.00218. The largest absolute Gasteiger partial charge is 0.497 e. The molecule has 2 aliphatic rings. The lowest BCUT2D eigenvalue weighted by atomic mass is 9.79. The quantitative estimate of drug-likeness (QED) is 0.0118. The first-order valence-corrected chi connectivity index (χ1v) is 66.2. The van der Waals surface area contributed by atoms with E-state index in [9.17, 15) is 34.0 Å². The molecule has 24 nitrogen and oxygen atoms in total. The molecule has 2 heterocycles. The van der Waals surface area contributed by atoms with Gasteiger partial charge in [-0.1, -0.05) is 262 Å². The zero-order chi connectivity index (χ0) is 109. The molecule has 2 N–H and O–H groups in total. The highest BCUT2D eigenvalue weighted by molar-refractivity contribution is 8.78. The van der Waals surface area contributed by atoms with E-state index in [-0.39, 0.29) is 91.7 Å². The Hall–Kier alpha value is -5.94. The molecule has 6 aromatic rings. The predicted octanol–water partition coefficient (Wildman–Crippen LogP) is 29.6. The molecular formula is C116H176N6O18P2S8. The normalized spacial score (nSPS) is 14.2. The van der Waals surface area contributed by atoms with Gasteiger partial charge in [0.1, 0.15) is 45.8 Å². The van der Waals surface area contributed by atoms with E-state index >= 15 is 0 Å². The lowest BCUT2D eigenvalue weighted by Crippen LogP contribution is -2.36. The van der Waals surface area contributed by atoms with Crippen molar-refractivity contribution in [2.24, 2.45) is 11.8 Å². The number of nitrogens with zero attached hydrogens (tertiary/aromatic N) is 4. The SMILES string of the molecule is CCC(=O)CCC(=O)OCC(CCCCNC(=O)CCCCC1CCSS1)COC(c1ccccc1)(c1ccc(OC)cc1)c1ccc(OC)cc1.CCCCSSCCCOC(=O)CCC(=O)CC.CCCCSSCCCOP(OCCC#N)N(C(C)C)C(C)C.COc1ccc(C(OCC(CCCCNC(=O)CCCCC2CCSS2)COP(OCCC#N)N(C(C)C)C(C)C)(c2ccccc2)c2ccc(OC)cc2)cc1. The molecule has 0 aliphatic carbocycles. The van der Waals surface area contributed by atoms with E-state index in [4.69, 9.17) is 61.3 Å². The van der Waals surface area contributed by atoms with Crippen LogP contribution in [0.2, 0.25) is 0 Å². The summed E-state index contributed by atoms with van der Waals surface area (Å²) in [7, 11) is 19.7. The number of Topliss-reactive ketones (excluding diaryl/α,β-unsaturated/α-hetero) is 2. The Morgan fingerprint density at radius 2 is 0.727 bits per heavy atom. The molecule has 0 bridgehead atoms. The molecule has 6 aromatic carbocycles. The predicted molar refractivity (Wildman–Crippen MR) is 633 cm³/mol. The Labute approximate surface area is 935 Å². The van der Waals surface area contributed by atoms with Crippen LogP contribution in [-0.4, -0.2) is 208 Å². The highest BCUT2D eigenvalue weighted by Crippen LogP contribution is 2.51. The average molecular weight is 2260 g/mol. The summed E-state index contributed by atoms with van der Waals surface area (Å²) in [4.78, 5) is 72.0. The average Bonchev–Trinajstić information content (AvgIpc) is 0.915. The lowest BCUT2D eigenvalue weighted by Gasteiger charge is -2.38. The summed E-state index contributed by atoms with van der Waals surface area (Å²) in [6.07, 6.45) is 24.5. The Morgan fingerprint density at radius 1 is 0.387 bits per heavy atom. The zero-order valence-corrected chi connectivity index (χ0v) is 101. The fourth-order valence-electron chi connectivity index (χ4n) is 16.5. The number of methoxy groups -OCH3 is 4. The number of nitrogens with one attached hydrogen (secondary N) is 2. The number of rotatable bonds is 78. The molecule has 34 heteroatoms. The van der Waals surface area contributed by atoms with E-state index in [2.05, 4.69) is 150 Å². The van der Waals surface area contributed by atoms with Crippen LogP contribution < -0.4 is 29.6 Å². The second kappa shape index (κ2) is 83.4. The molecule has 0 aromatic heterocycles. The van der Waals surface area contributed by atoms with Crippen LogP contribution in [0.25, 0.3) is 0 Å². The molecule has 2 aliphatic heterocycles. The van der Waals surface area contributed by atoms with Crippen molar-refractivity contribution >= 4 is 139 Å². The van der Waals surface area contributed by atoms with Crippen LogP contribution >= 0.6 is 103 Å². The molecule has 0 saturated carbocycles. The highest BCUT2D eigenvalue weighted by Gasteiger charge is 2.42. The maximum Gasteiger partial charge on any atom is 0.306 e. The smallest absolute Gasteiger partial charge is 0.306 e. The number of hydrogen-bond donors (Lipinski definition) is 2. The van der Waals surface area contributed by atoms with Crippen molar-refractivity contribution < 1.29 is 84.8 Å². The Kier molecular flexibility index (Phi) is 74.8. The number of carbonyl (C=O) groups excluding carboxylic acids is 6. The Morgan fingerprint density at radius 3 is 1.07 bits per heavy atom. The summed E-state index contributed by atoms with van der Waals surface area (Å²) < 4.78 is 76.8. The number of hydrogen-bond acceptors (Lipinski definition) is 30. The fraction of sp³-hybridized carbons (Fsp3) is 0.621. The van der Waals surface area contributed by atoms with Gasteiger partial charge in [0.2, 0.25) is 11.8 Å². The molecule has 8 rings (SSSR count). The molecule has 0 radical (unpaired) electrons. The lowest BCUT2D eigenvalue weighted by molar-refractivity contribution is -0.147. The number of ketones is 2. The summed E-state index contributed by atoms with van der Waals surface area (Å²) in [6, 6.07) is 57.8. The van der Waals surface area contributed by atoms with Crippen molar-refractivity contribution in [3.05, 3.63) is 191 Å². The Balaban J connectivity index is 0.000000387. The van der Waals surface area contributed by atoms with Gasteiger partial charge in [0.15, 0.2) is 0 Å². The number of nitriles is 2. The minimum atomic E-state index is -1.43. The molecule has 836 valence electrons. The van der Waals surface area contributed by atoms with Crippen molar-refractivity contribution in [1.29, 1.82) is 10.5 Å². The van der Waals surface area contributed by atoms with Gasteiger partial charge in [-0.2, -0.15) is 10.5 Å². The van der Waals surface area contributed by atoms with Crippen LogP contribution in [0.4, 0.5) is 0 Å². The maximum atomic E-state index is 12.7. The van der Waals surface area contributed by atoms with Crippen LogP contribution in [0.1, 0.15) is 309 Å². The van der Waals surface area contributed by atoms with Crippen molar-refractivity contribution in [2.75, 3.05) is 129 Å². The molecule has 2 amide bonds. The zero-order valence-electron chi connectivity index (χ0n) is 92.5. The highest BCUT2D eigenvalue weighted by atomic mass is 33.1. The van der Waals surface area contributed by atoms with E-state index in [1.165, 1.54) is 74.4 Å². The fourth-order valence-corrected chi connectivity index (χ4v) is 30.4. The summed E-state index contributed by atoms with van der Waals surface area (Å²) in [5.41, 5.74) is 3.76. The third kappa shape index (κ3) is 54.3. The molecule has 150 heavy (non-hydrogen) atoms. The molecule has 2 fully saturated rings. The summed E-state index contributed by atoms with van der Waals surface area (Å²) >= 11 is 0. The first-order chi connectivity index (χ1) is 72.8. The summed E-state index contributed by atoms with van der Waals surface area (Å²) in [5, 5.41) is 25.7. The van der Waals surface area contributed by atoms with Crippen LogP contribution in [0.15, 0.2) is 158 Å². The topological polar surface area (TPSA) is 291 Å². The van der Waals surface area contributed by atoms with Crippen LogP contribution in [0, 0.1) is 34.5 Å². The van der Waals surface area contributed by atoms with Gasteiger partial charge in [-0.25, -0.2) is 9.34 Å². The maximum absolute atomic E-state index is 12.7. The van der Waals surface area contributed by atoms with Gasteiger partial charge < -0.3 is 66.6 Å². The van der Waals surface area contributed by atoms with Crippen molar-refractivity contribution in [2.45, 2.75) is 322 Å². The van der Waals surface area contributed by atoms with E-state index < -0.39 is 28.3 Å². The van der Waals surface area contributed by atoms with E-state index in [1.807, 2.05) is 196 Å². The number of esters is 2. The van der Waals surface area contributed by atoms with Crippen molar-refractivity contribution in [3.63, 3.8) is 0 Å². The second-order valence-corrected chi connectivity index (χ2v) is 51.7. The number of carbonyl (C=O) groups is 6. The number of unbranched alkanes of at least 4 members (excludes halogenated alkanes) is 6. The molecular weight excluding hydrogens is 2080 g/mol. The van der Waals surface area contributed by atoms with Gasteiger partial charge >= 0.3 is 11.9 Å².